The molecule has 0 atom stereocenters. The molecule has 4 rings (SSSR count). The van der Waals surface area contributed by atoms with Crippen molar-refractivity contribution in [3.05, 3.63) is 101 Å². The van der Waals surface area contributed by atoms with E-state index in [1.54, 1.807) is 18.3 Å². The Morgan fingerprint density at radius 2 is 1.56 bits per heavy atom. The van der Waals surface area contributed by atoms with Crippen LogP contribution in [0.3, 0.4) is 0 Å². The van der Waals surface area contributed by atoms with Crippen molar-refractivity contribution in [1.82, 2.24) is 0 Å². The molecule has 0 spiro atoms. The number of esters is 1. The van der Waals surface area contributed by atoms with E-state index in [-0.39, 0.29) is 12.2 Å². The number of aldehydes is 1. The zero-order valence-corrected chi connectivity index (χ0v) is 14.3. The second-order valence-corrected chi connectivity index (χ2v) is 5.72. The van der Waals surface area contributed by atoms with E-state index in [0.29, 0.717) is 11.3 Å². The molecule has 0 unspecified atom stereocenters. The molecule has 3 aromatic carbocycles. The first-order valence-corrected chi connectivity index (χ1v) is 8.26. The summed E-state index contributed by atoms with van der Waals surface area (Å²) in [7, 11) is 0. The molecular weight excluding hydrogens is 345 g/mol. The summed E-state index contributed by atoms with van der Waals surface area (Å²) in [6.07, 6.45) is 2.47. The SMILES string of the molecule is O=C1OCc2c(N=Cc3ccccc3)cc(F)cc21.O=Cc1ccccc1. The van der Waals surface area contributed by atoms with Crippen LogP contribution in [-0.4, -0.2) is 18.5 Å². The van der Waals surface area contributed by atoms with Crippen LogP contribution in [0.4, 0.5) is 10.1 Å². The van der Waals surface area contributed by atoms with Gasteiger partial charge in [0, 0.05) is 17.3 Å². The summed E-state index contributed by atoms with van der Waals surface area (Å²) < 4.78 is 18.3. The minimum atomic E-state index is -0.495. The maximum Gasteiger partial charge on any atom is 0.339 e. The molecule has 3 aromatic rings. The second kappa shape index (κ2) is 8.67. The Morgan fingerprint density at radius 3 is 2.15 bits per heavy atom. The zero-order valence-electron chi connectivity index (χ0n) is 14.3. The van der Waals surface area contributed by atoms with Gasteiger partial charge in [0.1, 0.15) is 18.7 Å². The number of nitrogens with zero attached hydrogens (tertiary/aromatic N) is 1. The standard InChI is InChI=1S/C15H10FNO2.C7H6O/c16-11-6-12-13(9-19-15(12)18)14(7-11)17-8-10-4-2-1-3-5-10;8-6-7-4-2-1-3-5-7/h1-8H,9H2;1-6H. The molecule has 27 heavy (non-hydrogen) atoms. The molecule has 1 heterocycles. The summed E-state index contributed by atoms with van der Waals surface area (Å²) >= 11 is 0. The van der Waals surface area contributed by atoms with Crippen LogP contribution in [-0.2, 0) is 11.3 Å². The lowest BCUT2D eigenvalue weighted by Gasteiger charge is -2.01. The molecule has 0 radical (unpaired) electrons. The number of carbonyl (C=O) groups excluding carboxylic acids is 2. The van der Waals surface area contributed by atoms with Gasteiger partial charge >= 0.3 is 5.97 Å². The van der Waals surface area contributed by atoms with Crippen molar-refractivity contribution >= 4 is 24.2 Å². The number of benzene rings is 3. The number of ether oxygens (including phenoxy) is 1. The third-order valence-electron chi connectivity index (χ3n) is 3.85. The van der Waals surface area contributed by atoms with Gasteiger partial charge in [-0.25, -0.2) is 9.18 Å². The summed E-state index contributed by atoms with van der Waals surface area (Å²) in [5.74, 6) is -0.983. The number of cyclic esters (lactones) is 1. The summed E-state index contributed by atoms with van der Waals surface area (Å²) in [6, 6.07) is 21.1. The van der Waals surface area contributed by atoms with Gasteiger partial charge in [0.2, 0.25) is 0 Å². The highest BCUT2D eigenvalue weighted by atomic mass is 19.1. The minimum Gasteiger partial charge on any atom is -0.457 e. The van der Waals surface area contributed by atoms with E-state index in [9.17, 15) is 14.0 Å². The molecule has 4 nitrogen and oxygen atoms in total. The molecule has 0 saturated heterocycles. The first-order chi connectivity index (χ1) is 13.2. The summed E-state index contributed by atoms with van der Waals surface area (Å²) in [6.45, 7) is 0.149. The fraction of sp³-hybridized carbons (Fsp3) is 0.0455. The van der Waals surface area contributed by atoms with Crippen molar-refractivity contribution in [2.75, 3.05) is 0 Å². The number of aliphatic imine (C=N–C) groups is 1. The molecule has 134 valence electrons. The summed E-state index contributed by atoms with van der Waals surface area (Å²) in [4.78, 5) is 25.7. The molecule has 0 saturated carbocycles. The Morgan fingerprint density at radius 1 is 0.926 bits per heavy atom. The highest BCUT2D eigenvalue weighted by molar-refractivity contribution is 5.95. The van der Waals surface area contributed by atoms with Crippen LogP contribution in [0.2, 0.25) is 0 Å². The first-order valence-electron chi connectivity index (χ1n) is 8.26. The number of hydrogen-bond donors (Lipinski definition) is 0. The predicted octanol–water partition coefficient (Wildman–Crippen LogP) is 4.75. The largest absolute Gasteiger partial charge is 0.457 e. The second-order valence-electron chi connectivity index (χ2n) is 5.72. The Labute approximate surface area is 156 Å². The molecule has 0 amide bonds. The number of halogens is 1. The van der Waals surface area contributed by atoms with Crippen LogP contribution in [0.5, 0.6) is 0 Å². The van der Waals surface area contributed by atoms with Gasteiger partial charge in [0.15, 0.2) is 0 Å². The van der Waals surface area contributed by atoms with E-state index in [1.807, 2.05) is 48.5 Å². The smallest absolute Gasteiger partial charge is 0.339 e. The van der Waals surface area contributed by atoms with Crippen molar-refractivity contribution in [2.45, 2.75) is 6.61 Å². The topological polar surface area (TPSA) is 55.7 Å². The quantitative estimate of drug-likeness (QED) is 0.384. The molecule has 5 heteroatoms. The van der Waals surface area contributed by atoms with Crippen molar-refractivity contribution in [3.8, 4) is 0 Å². The van der Waals surface area contributed by atoms with Crippen LogP contribution in [0.25, 0.3) is 0 Å². The number of rotatable bonds is 3. The van der Waals surface area contributed by atoms with Gasteiger partial charge in [-0.2, -0.15) is 0 Å². The molecule has 0 aromatic heterocycles. The molecule has 0 fully saturated rings. The van der Waals surface area contributed by atoms with Crippen molar-refractivity contribution in [3.63, 3.8) is 0 Å². The van der Waals surface area contributed by atoms with Gasteiger partial charge in [0.25, 0.3) is 0 Å². The van der Waals surface area contributed by atoms with Crippen LogP contribution < -0.4 is 0 Å². The van der Waals surface area contributed by atoms with Crippen LogP contribution in [0.15, 0.2) is 77.8 Å². The normalized spacial score (nSPS) is 12.1. The van der Waals surface area contributed by atoms with Gasteiger partial charge in [0.05, 0.1) is 11.3 Å². The third-order valence-corrected chi connectivity index (χ3v) is 3.85. The van der Waals surface area contributed by atoms with Gasteiger partial charge in [-0.05, 0) is 17.7 Å². The number of fused-ring (bicyclic) bond motifs is 1. The Kier molecular flexibility index (Phi) is 5.84. The lowest BCUT2D eigenvalue weighted by Crippen LogP contribution is -1.94. The van der Waals surface area contributed by atoms with Gasteiger partial charge < -0.3 is 4.74 Å². The minimum absolute atomic E-state index is 0.149. The predicted molar refractivity (Wildman–Crippen MR) is 101 cm³/mol. The van der Waals surface area contributed by atoms with E-state index >= 15 is 0 Å². The van der Waals surface area contributed by atoms with E-state index in [2.05, 4.69) is 4.99 Å². The third kappa shape index (κ3) is 4.73. The fourth-order valence-corrected chi connectivity index (χ4v) is 2.50. The summed E-state index contributed by atoms with van der Waals surface area (Å²) in [5.41, 5.74) is 2.97. The van der Waals surface area contributed by atoms with Crippen LogP contribution >= 0.6 is 0 Å². The molecular formula is C22H16FNO3. The lowest BCUT2D eigenvalue weighted by molar-refractivity contribution is 0.0535. The number of hydrogen-bond acceptors (Lipinski definition) is 4. The van der Waals surface area contributed by atoms with E-state index < -0.39 is 11.8 Å². The highest BCUT2D eigenvalue weighted by Crippen LogP contribution is 2.30. The Balaban J connectivity index is 0.000000221. The van der Waals surface area contributed by atoms with E-state index in [4.69, 9.17) is 4.74 Å². The summed E-state index contributed by atoms with van der Waals surface area (Å²) in [5, 5.41) is 0. The lowest BCUT2D eigenvalue weighted by atomic mass is 10.1. The Bertz CT molecular complexity index is 970. The van der Waals surface area contributed by atoms with Crippen LogP contribution in [0.1, 0.15) is 31.8 Å². The molecule has 0 N–H and O–H groups in total. The Hall–Kier alpha value is -3.60. The highest BCUT2D eigenvalue weighted by Gasteiger charge is 2.24. The van der Waals surface area contributed by atoms with E-state index in [1.165, 1.54) is 12.1 Å². The maximum absolute atomic E-state index is 13.4. The van der Waals surface area contributed by atoms with Crippen molar-refractivity contribution in [2.24, 2.45) is 4.99 Å². The molecule has 1 aliphatic heterocycles. The molecule has 0 aliphatic carbocycles. The molecule has 0 bridgehead atoms. The average molecular weight is 361 g/mol. The van der Waals surface area contributed by atoms with Gasteiger partial charge in [-0.1, -0.05) is 60.7 Å². The van der Waals surface area contributed by atoms with Gasteiger partial charge in [-0.15, -0.1) is 0 Å². The first kappa shape index (κ1) is 18.2. The maximum atomic E-state index is 13.4. The number of carbonyl (C=O) groups is 2. The van der Waals surface area contributed by atoms with E-state index in [0.717, 1.165) is 17.4 Å². The molecule has 1 aliphatic rings. The van der Waals surface area contributed by atoms with Gasteiger partial charge in [-0.3, -0.25) is 9.79 Å². The average Bonchev–Trinajstić information content (AvgIpc) is 3.09. The zero-order chi connectivity index (χ0) is 19.1. The fourth-order valence-electron chi connectivity index (χ4n) is 2.50. The van der Waals surface area contributed by atoms with Crippen molar-refractivity contribution < 1.29 is 18.7 Å². The van der Waals surface area contributed by atoms with Crippen molar-refractivity contribution in [1.29, 1.82) is 0 Å². The monoisotopic (exact) mass is 361 g/mol. The van der Waals surface area contributed by atoms with Crippen LogP contribution in [0, 0.1) is 5.82 Å².